The number of nitrogens with zero attached hydrogens (tertiary/aromatic N) is 2. The van der Waals surface area contributed by atoms with Gasteiger partial charge in [0.2, 0.25) is 0 Å². The summed E-state index contributed by atoms with van der Waals surface area (Å²) in [5.41, 5.74) is 3.56. The molecule has 0 amide bonds. The lowest BCUT2D eigenvalue weighted by Gasteiger charge is -2.30. The first kappa shape index (κ1) is 12.8. The number of hydrogen-bond acceptors (Lipinski definition) is 2. The Morgan fingerprint density at radius 3 is 2.68 bits per heavy atom. The van der Waals surface area contributed by atoms with Gasteiger partial charge < -0.3 is 4.90 Å². The number of alkyl halides is 1. The summed E-state index contributed by atoms with van der Waals surface area (Å²) in [5.74, 6) is 1.30. The molecule has 4 heteroatoms. The van der Waals surface area contributed by atoms with E-state index < -0.39 is 0 Å². The molecule has 1 aliphatic heterocycles. The van der Waals surface area contributed by atoms with Crippen molar-refractivity contribution in [2.24, 2.45) is 0 Å². The molecule has 2 nitrogen and oxygen atoms in total. The molecule has 0 bridgehead atoms. The van der Waals surface area contributed by atoms with Gasteiger partial charge in [-0.25, -0.2) is 4.98 Å². The molecule has 0 N–H and O–H groups in total. The van der Waals surface area contributed by atoms with Gasteiger partial charge in [-0.2, -0.15) is 0 Å². The Hall–Kier alpha value is -1.25. The number of benzene rings is 1. The lowest BCUT2D eigenvalue weighted by molar-refractivity contribution is 0.719. The van der Waals surface area contributed by atoms with E-state index in [0.29, 0.717) is 10.9 Å². The summed E-state index contributed by atoms with van der Waals surface area (Å²) in [6.45, 7) is 1.87. The van der Waals surface area contributed by atoms with E-state index >= 15 is 0 Å². The fourth-order valence-corrected chi connectivity index (χ4v) is 2.88. The second-order valence-corrected chi connectivity index (χ2v) is 5.35. The van der Waals surface area contributed by atoms with E-state index in [0.717, 1.165) is 31.0 Å². The molecule has 2 heterocycles. The minimum absolute atomic E-state index is 0.344. The minimum Gasteiger partial charge on any atom is -0.352 e. The SMILES string of the molecule is ClCc1nc(N2CCc3ccccc3C2)ccc1Cl. The summed E-state index contributed by atoms with van der Waals surface area (Å²) in [7, 11) is 0. The fourth-order valence-electron chi connectivity index (χ4n) is 2.43. The Balaban J connectivity index is 1.89. The fraction of sp³-hybridized carbons (Fsp3) is 0.267. The van der Waals surface area contributed by atoms with Crippen LogP contribution in [0.4, 0.5) is 5.82 Å². The van der Waals surface area contributed by atoms with Gasteiger partial charge in [-0.3, -0.25) is 0 Å². The molecule has 0 unspecified atom stereocenters. The number of hydrogen-bond donors (Lipinski definition) is 0. The smallest absolute Gasteiger partial charge is 0.129 e. The van der Waals surface area contributed by atoms with Gasteiger partial charge in [-0.1, -0.05) is 35.9 Å². The maximum atomic E-state index is 6.05. The van der Waals surface area contributed by atoms with Crippen LogP contribution in [0.3, 0.4) is 0 Å². The van der Waals surface area contributed by atoms with Crippen LogP contribution in [-0.4, -0.2) is 11.5 Å². The van der Waals surface area contributed by atoms with E-state index in [1.807, 2.05) is 12.1 Å². The van der Waals surface area contributed by atoms with Crippen molar-refractivity contribution in [3.8, 4) is 0 Å². The molecule has 0 radical (unpaired) electrons. The molecule has 3 rings (SSSR count). The largest absolute Gasteiger partial charge is 0.352 e. The molecule has 98 valence electrons. The standard InChI is InChI=1S/C15H14Cl2N2/c16-9-14-13(17)5-6-15(18-14)19-8-7-11-3-1-2-4-12(11)10-19/h1-6H,7-10H2. The molecule has 19 heavy (non-hydrogen) atoms. The Bertz CT molecular complexity index is 598. The first-order valence-corrected chi connectivity index (χ1v) is 7.22. The zero-order chi connectivity index (χ0) is 13.2. The highest BCUT2D eigenvalue weighted by Gasteiger charge is 2.17. The summed E-state index contributed by atoms with van der Waals surface area (Å²) in [4.78, 5) is 6.82. The molecule has 2 aromatic rings. The molecule has 1 aromatic heterocycles. The van der Waals surface area contributed by atoms with Crippen LogP contribution in [0.5, 0.6) is 0 Å². The normalized spacial score (nSPS) is 14.3. The van der Waals surface area contributed by atoms with Gasteiger partial charge >= 0.3 is 0 Å². The molecule has 0 saturated heterocycles. The maximum absolute atomic E-state index is 6.05. The zero-order valence-electron chi connectivity index (χ0n) is 10.4. The lowest BCUT2D eigenvalue weighted by Crippen LogP contribution is -2.31. The van der Waals surface area contributed by atoms with E-state index in [1.165, 1.54) is 11.1 Å². The van der Waals surface area contributed by atoms with Gasteiger partial charge in [0.05, 0.1) is 16.6 Å². The average Bonchev–Trinajstić information content (AvgIpc) is 2.47. The second kappa shape index (κ2) is 5.40. The van der Waals surface area contributed by atoms with Crippen molar-refractivity contribution in [3.05, 3.63) is 58.2 Å². The van der Waals surface area contributed by atoms with Crippen LogP contribution in [0.2, 0.25) is 5.02 Å². The number of pyridine rings is 1. The highest BCUT2D eigenvalue weighted by molar-refractivity contribution is 6.32. The summed E-state index contributed by atoms with van der Waals surface area (Å²) in [6.07, 6.45) is 1.05. The van der Waals surface area contributed by atoms with Crippen molar-refractivity contribution in [3.63, 3.8) is 0 Å². The highest BCUT2D eigenvalue weighted by Crippen LogP contribution is 2.25. The summed E-state index contributed by atoms with van der Waals surface area (Å²) >= 11 is 11.9. The van der Waals surface area contributed by atoms with Gasteiger partial charge in [0.1, 0.15) is 5.82 Å². The van der Waals surface area contributed by atoms with E-state index in [1.54, 1.807) is 0 Å². The number of rotatable bonds is 2. The summed E-state index contributed by atoms with van der Waals surface area (Å²) in [6, 6.07) is 12.4. The maximum Gasteiger partial charge on any atom is 0.129 e. The van der Waals surface area contributed by atoms with Crippen LogP contribution in [0.15, 0.2) is 36.4 Å². The van der Waals surface area contributed by atoms with E-state index in [-0.39, 0.29) is 0 Å². The van der Waals surface area contributed by atoms with Gasteiger partial charge in [0.25, 0.3) is 0 Å². The van der Waals surface area contributed by atoms with Crippen LogP contribution in [-0.2, 0) is 18.8 Å². The first-order valence-electron chi connectivity index (χ1n) is 6.31. The number of halogens is 2. The van der Waals surface area contributed by atoms with E-state index in [9.17, 15) is 0 Å². The quantitative estimate of drug-likeness (QED) is 0.777. The van der Waals surface area contributed by atoms with Crippen molar-refractivity contribution < 1.29 is 0 Å². The first-order chi connectivity index (χ1) is 9.28. The van der Waals surface area contributed by atoms with Crippen molar-refractivity contribution in [1.82, 2.24) is 4.98 Å². The van der Waals surface area contributed by atoms with Crippen molar-refractivity contribution in [2.75, 3.05) is 11.4 Å². The third kappa shape index (κ3) is 2.56. The third-order valence-electron chi connectivity index (χ3n) is 3.49. The molecule has 1 aliphatic rings. The van der Waals surface area contributed by atoms with Gasteiger partial charge in [0.15, 0.2) is 0 Å². The molecule has 0 aliphatic carbocycles. The lowest BCUT2D eigenvalue weighted by atomic mass is 10.00. The van der Waals surface area contributed by atoms with Crippen molar-refractivity contribution in [1.29, 1.82) is 0 Å². The molecule has 0 atom stereocenters. The Morgan fingerprint density at radius 1 is 1.11 bits per heavy atom. The number of anilines is 1. The highest BCUT2D eigenvalue weighted by atomic mass is 35.5. The van der Waals surface area contributed by atoms with Crippen LogP contribution in [0.1, 0.15) is 16.8 Å². The Morgan fingerprint density at radius 2 is 1.89 bits per heavy atom. The van der Waals surface area contributed by atoms with Crippen LogP contribution in [0.25, 0.3) is 0 Å². The Kier molecular flexibility index (Phi) is 3.63. The van der Waals surface area contributed by atoms with Crippen LogP contribution < -0.4 is 4.90 Å². The molecule has 0 spiro atoms. The topological polar surface area (TPSA) is 16.1 Å². The molecular formula is C15H14Cl2N2. The van der Waals surface area contributed by atoms with Crippen LogP contribution in [0, 0.1) is 0 Å². The molecular weight excluding hydrogens is 279 g/mol. The van der Waals surface area contributed by atoms with Crippen molar-refractivity contribution >= 4 is 29.0 Å². The minimum atomic E-state index is 0.344. The molecule has 0 fully saturated rings. The predicted octanol–water partition coefficient (Wildman–Crippen LogP) is 4.04. The van der Waals surface area contributed by atoms with E-state index in [4.69, 9.17) is 23.2 Å². The predicted molar refractivity (Wildman–Crippen MR) is 80.0 cm³/mol. The summed E-state index contributed by atoms with van der Waals surface area (Å²) in [5, 5.41) is 0.635. The van der Waals surface area contributed by atoms with Gasteiger partial charge in [-0.05, 0) is 29.7 Å². The zero-order valence-corrected chi connectivity index (χ0v) is 12.0. The molecule has 0 saturated carbocycles. The van der Waals surface area contributed by atoms with Gasteiger partial charge in [-0.15, -0.1) is 11.6 Å². The Labute approximate surface area is 123 Å². The summed E-state index contributed by atoms with van der Waals surface area (Å²) < 4.78 is 0. The van der Waals surface area contributed by atoms with Gasteiger partial charge in [0, 0.05) is 13.1 Å². The average molecular weight is 293 g/mol. The van der Waals surface area contributed by atoms with Crippen molar-refractivity contribution in [2.45, 2.75) is 18.8 Å². The number of fused-ring (bicyclic) bond motifs is 1. The molecule has 1 aromatic carbocycles. The van der Waals surface area contributed by atoms with Crippen LogP contribution >= 0.6 is 23.2 Å². The second-order valence-electron chi connectivity index (χ2n) is 4.67. The van der Waals surface area contributed by atoms with E-state index in [2.05, 4.69) is 34.1 Å². The number of aromatic nitrogens is 1. The monoisotopic (exact) mass is 292 g/mol. The third-order valence-corrected chi connectivity index (χ3v) is 4.08.